The molecule has 1 aromatic rings. The normalized spacial score (nSPS) is 12.1. The molecule has 0 heterocycles. The predicted octanol–water partition coefficient (Wildman–Crippen LogP) is 2.17. The Labute approximate surface area is 105 Å². The minimum atomic E-state index is -1.40. The lowest BCUT2D eigenvalue weighted by Crippen LogP contribution is -2.16. The van der Waals surface area contributed by atoms with E-state index in [9.17, 15) is 9.90 Å². The van der Waals surface area contributed by atoms with Crippen LogP contribution in [0.4, 0.5) is 0 Å². The topological polar surface area (TPSA) is 55.8 Å². The molecule has 0 bridgehead atoms. The lowest BCUT2D eigenvalue weighted by Gasteiger charge is -2.18. The molecule has 1 unspecified atom stereocenters. The van der Waals surface area contributed by atoms with Crippen molar-refractivity contribution in [3.05, 3.63) is 27.8 Å². The zero-order chi connectivity index (χ0) is 13.2. The van der Waals surface area contributed by atoms with Crippen LogP contribution >= 0.6 is 11.6 Å². The summed E-state index contributed by atoms with van der Waals surface area (Å²) in [6.07, 6.45) is -1.40. The molecule has 0 radical (unpaired) electrons. The standard InChI is InChI=1S/C12H15ClO4/c1-6-5-7(2)9(13)11(16-3)8(6)10(14)12(15)17-4/h5,10,14H,1-4H3. The second kappa shape index (κ2) is 5.38. The first kappa shape index (κ1) is 13.8. The lowest BCUT2D eigenvalue weighted by atomic mass is 9.99. The fourth-order valence-electron chi connectivity index (χ4n) is 1.71. The van der Waals surface area contributed by atoms with Gasteiger partial charge in [-0.05, 0) is 25.0 Å². The molecule has 0 fully saturated rings. The number of esters is 1. The molecular weight excluding hydrogens is 244 g/mol. The SMILES string of the molecule is COC(=O)C(O)c1c(C)cc(C)c(Cl)c1OC. The Hall–Kier alpha value is -1.26. The van der Waals surface area contributed by atoms with Crippen LogP contribution in [0.3, 0.4) is 0 Å². The number of rotatable bonds is 3. The first-order chi connectivity index (χ1) is 7.93. The highest BCUT2D eigenvalue weighted by molar-refractivity contribution is 6.33. The second-order valence-corrected chi connectivity index (χ2v) is 4.07. The molecule has 94 valence electrons. The van der Waals surface area contributed by atoms with Crippen molar-refractivity contribution in [2.24, 2.45) is 0 Å². The number of carbonyl (C=O) groups is 1. The molecule has 1 atom stereocenters. The van der Waals surface area contributed by atoms with Crippen molar-refractivity contribution in [3.8, 4) is 5.75 Å². The average Bonchev–Trinajstić information content (AvgIpc) is 2.31. The summed E-state index contributed by atoms with van der Waals surface area (Å²) in [5.74, 6) is -0.437. The van der Waals surface area contributed by atoms with Crippen LogP contribution in [0.5, 0.6) is 5.75 Å². The highest BCUT2D eigenvalue weighted by Gasteiger charge is 2.26. The molecule has 0 amide bonds. The molecule has 5 heteroatoms. The summed E-state index contributed by atoms with van der Waals surface area (Å²) in [4.78, 5) is 11.4. The van der Waals surface area contributed by atoms with Crippen molar-refractivity contribution in [2.45, 2.75) is 20.0 Å². The molecule has 1 aromatic carbocycles. The molecule has 0 aliphatic heterocycles. The van der Waals surface area contributed by atoms with Gasteiger partial charge in [-0.25, -0.2) is 4.79 Å². The summed E-state index contributed by atoms with van der Waals surface area (Å²) >= 11 is 6.07. The third kappa shape index (κ3) is 2.53. The summed E-state index contributed by atoms with van der Waals surface area (Å²) in [5, 5.41) is 10.3. The fraction of sp³-hybridized carbons (Fsp3) is 0.417. The van der Waals surface area contributed by atoms with E-state index < -0.39 is 12.1 Å². The molecule has 17 heavy (non-hydrogen) atoms. The molecule has 0 spiro atoms. The molecule has 4 nitrogen and oxygen atoms in total. The molecular formula is C12H15ClO4. The number of aliphatic hydroxyl groups is 1. The van der Waals surface area contributed by atoms with Crippen molar-refractivity contribution in [1.82, 2.24) is 0 Å². The van der Waals surface area contributed by atoms with Crippen molar-refractivity contribution in [2.75, 3.05) is 14.2 Å². The van der Waals surface area contributed by atoms with Gasteiger partial charge in [0, 0.05) is 5.56 Å². The summed E-state index contributed by atoms with van der Waals surface area (Å²) in [6, 6.07) is 1.78. The third-order valence-corrected chi connectivity index (χ3v) is 3.02. The zero-order valence-corrected chi connectivity index (χ0v) is 11.0. The summed E-state index contributed by atoms with van der Waals surface area (Å²) in [5.41, 5.74) is 1.89. The van der Waals surface area contributed by atoms with Gasteiger partial charge in [-0.15, -0.1) is 0 Å². The van der Waals surface area contributed by atoms with E-state index in [-0.39, 0.29) is 0 Å². The minimum Gasteiger partial charge on any atom is -0.495 e. The first-order valence-electron chi connectivity index (χ1n) is 5.03. The van der Waals surface area contributed by atoms with E-state index in [1.54, 1.807) is 13.0 Å². The van der Waals surface area contributed by atoms with Crippen LogP contribution in [-0.2, 0) is 9.53 Å². The van der Waals surface area contributed by atoms with Crippen LogP contribution < -0.4 is 4.74 Å². The maximum Gasteiger partial charge on any atom is 0.339 e. The molecule has 1 rings (SSSR count). The quantitative estimate of drug-likeness (QED) is 0.845. The smallest absolute Gasteiger partial charge is 0.339 e. The van der Waals surface area contributed by atoms with Crippen LogP contribution in [0, 0.1) is 13.8 Å². The number of aryl methyl sites for hydroxylation is 2. The van der Waals surface area contributed by atoms with E-state index in [1.165, 1.54) is 14.2 Å². The van der Waals surface area contributed by atoms with E-state index in [0.717, 1.165) is 11.1 Å². The van der Waals surface area contributed by atoms with E-state index in [4.69, 9.17) is 16.3 Å². The van der Waals surface area contributed by atoms with Gasteiger partial charge in [0.25, 0.3) is 0 Å². The van der Waals surface area contributed by atoms with Crippen molar-refractivity contribution >= 4 is 17.6 Å². The Morgan fingerprint density at radius 1 is 1.35 bits per heavy atom. The Bertz CT molecular complexity index is 443. The van der Waals surface area contributed by atoms with Crippen LogP contribution in [0.15, 0.2) is 6.07 Å². The number of benzene rings is 1. The highest BCUT2D eigenvalue weighted by atomic mass is 35.5. The lowest BCUT2D eigenvalue weighted by molar-refractivity contribution is -0.150. The number of halogens is 1. The number of hydrogen-bond donors (Lipinski definition) is 1. The van der Waals surface area contributed by atoms with E-state index in [2.05, 4.69) is 4.74 Å². The summed E-state index contributed by atoms with van der Waals surface area (Å²) in [7, 11) is 2.65. The van der Waals surface area contributed by atoms with Crippen LogP contribution in [0.1, 0.15) is 22.8 Å². The number of hydrogen-bond acceptors (Lipinski definition) is 4. The fourth-order valence-corrected chi connectivity index (χ4v) is 1.94. The summed E-state index contributed by atoms with van der Waals surface area (Å²) in [6.45, 7) is 3.60. The van der Waals surface area contributed by atoms with Crippen molar-refractivity contribution in [1.29, 1.82) is 0 Å². The zero-order valence-electron chi connectivity index (χ0n) is 10.2. The first-order valence-corrected chi connectivity index (χ1v) is 5.41. The van der Waals surface area contributed by atoms with Gasteiger partial charge in [0.2, 0.25) is 0 Å². The van der Waals surface area contributed by atoms with Gasteiger partial charge < -0.3 is 14.6 Å². The molecule has 1 N–H and O–H groups in total. The Kier molecular flexibility index (Phi) is 4.37. The second-order valence-electron chi connectivity index (χ2n) is 3.70. The number of carbonyl (C=O) groups excluding carboxylic acids is 1. The predicted molar refractivity (Wildman–Crippen MR) is 64.5 cm³/mol. The van der Waals surface area contributed by atoms with Crippen molar-refractivity contribution in [3.63, 3.8) is 0 Å². The molecule has 0 saturated carbocycles. The van der Waals surface area contributed by atoms with Gasteiger partial charge in [-0.1, -0.05) is 17.7 Å². The van der Waals surface area contributed by atoms with E-state index >= 15 is 0 Å². The average molecular weight is 259 g/mol. The van der Waals surface area contributed by atoms with E-state index in [1.807, 2.05) is 6.92 Å². The van der Waals surface area contributed by atoms with Crippen LogP contribution in [-0.4, -0.2) is 25.3 Å². The third-order valence-electron chi connectivity index (χ3n) is 2.55. The maximum absolute atomic E-state index is 11.4. The van der Waals surface area contributed by atoms with Gasteiger partial charge in [-0.2, -0.15) is 0 Å². The van der Waals surface area contributed by atoms with Gasteiger partial charge in [-0.3, -0.25) is 0 Å². The van der Waals surface area contributed by atoms with Crippen LogP contribution in [0.2, 0.25) is 5.02 Å². The highest BCUT2D eigenvalue weighted by Crippen LogP contribution is 2.38. The number of aliphatic hydroxyl groups excluding tert-OH is 1. The van der Waals surface area contributed by atoms with Crippen molar-refractivity contribution < 1.29 is 19.4 Å². The molecule has 0 saturated heterocycles. The van der Waals surface area contributed by atoms with Gasteiger partial charge in [0.1, 0.15) is 5.75 Å². The molecule has 0 aliphatic rings. The van der Waals surface area contributed by atoms with Gasteiger partial charge >= 0.3 is 5.97 Å². The van der Waals surface area contributed by atoms with E-state index in [0.29, 0.717) is 16.3 Å². The van der Waals surface area contributed by atoms with Crippen LogP contribution in [0.25, 0.3) is 0 Å². The molecule has 0 aromatic heterocycles. The largest absolute Gasteiger partial charge is 0.495 e. The number of ether oxygens (including phenoxy) is 2. The Morgan fingerprint density at radius 2 is 1.94 bits per heavy atom. The molecule has 0 aliphatic carbocycles. The summed E-state index contributed by atoms with van der Waals surface area (Å²) < 4.78 is 9.66. The maximum atomic E-state index is 11.4. The van der Waals surface area contributed by atoms with Gasteiger partial charge in [0.15, 0.2) is 6.10 Å². The minimum absolute atomic E-state index is 0.307. The Morgan fingerprint density at radius 3 is 2.41 bits per heavy atom. The van der Waals surface area contributed by atoms with Gasteiger partial charge in [0.05, 0.1) is 19.2 Å². The number of methoxy groups -OCH3 is 2. The Balaban J connectivity index is 3.41. The monoisotopic (exact) mass is 258 g/mol.